The number of aromatic amines is 1. The predicted octanol–water partition coefficient (Wildman–Crippen LogP) is 2.98. The van der Waals surface area contributed by atoms with Crippen molar-refractivity contribution in [2.75, 3.05) is 0 Å². The second-order valence-electron chi connectivity index (χ2n) is 6.91. The van der Waals surface area contributed by atoms with E-state index in [0.717, 1.165) is 36.6 Å². The SMILES string of the molecule is CC(=O)N[C@H](C(=O)O[C@@H](C)C(=O)c1c[nH]c2ccccc12)C1CCCC1. The first kappa shape index (κ1) is 18.2. The van der Waals surface area contributed by atoms with Crippen LogP contribution in [-0.4, -0.2) is 34.8 Å². The summed E-state index contributed by atoms with van der Waals surface area (Å²) < 4.78 is 5.44. The molecular weight excluding hydrogens is 332 g/mol. The Kier molecular flexibility index (Phi) is 5.40. The van der Waals surface area contributed by atoms with Gasteiger partial charge >= 0.3 is 5.97 Å². The second-order valence-corrected chi connectivity index (χ2v) is 6.91. The van der Waals surface area contributed by atoms with Gasteiger partial charge in [0.2, 0.25) is 11.7 Å². The van der Waals surface area contributed by atoms with E-state index in [0.29, 0.717) is 5.56 Å². The van der Waals surface area contributed by atoms with Gasteiger partial charge in [0.15, 0.2) is 6.10 Å². The number of hydrogen-bond donors (Lipinski definition) is 2. The fraction of sp³-hybridized carbons (Fsp3) is 0.450. The van der Waals surface area contributed by atoms with Crippen molar-refractivity contribution < 1.29 is 19.1 Å². The molecule has 2 N–H and O–H groups in total. The first-order valence-corrected chi connectivity index (χ1v) is 9.05. The Bertz CT molecular complexity index is 820. The van der Waals surface area contributed by atoms with Gasteiger partial charge < -0.3 is 15.0 Å². The van der Waals surface area contributed by atoms with Gasteiger partial charge in [-0.15, -0.1) is 0 Å². The molecular formula is C20H24N2O4. The second kappa shape index (κ2) is 7.72. The number of nitrogens with one attached hydrogen (secondary N) is 2. The van der Waals surface area contributed by atoms with Gasteiger partial charge in [0.05, 0.1) is 0 Å². The molecule has 1 saturated carbocycles. The lowest BCUT2D eigenvalue weighted by Crippen LogP contribution is -2.46. The van der Waals surface area contributed by atoms with Gasteiger partial charge in [-0.3, -0.25) is 9.59 Å². The molecule has 0 unspecified atom stereocenters. The molecule has 1 fully saturated rings. The summed E-state index contributed by atoms with van der Waals surface area (Å²) >= 11 is 0. The van der Waals surface area contributed by atoms with Gasteiger partial charge in [-0.1, -0.05) is 31.0 Å². The highest BCUT2D eigenvalue weighted by Crippen LogP contribution is 2.29. The lowest BCUT2D eigenvalue weighted by molar-refractivity contribution is -0.151. The van der Waals surface area contributed by atoms with Crippen molar-refractivity contribution >= 4 is 28.6 Å². The van der Waals surface area contributed by atoms with Crippen LogP contribution in [0.3, 0.4) is 0 Å². The van der Waals surface area contributed by atoms with E-state index in [1.165, 1.54) is 6.92 Å². The summed E-state index contributed by atoms with van der Waals surface area (Å²) in [5.41, 5.74) is 1.36. The van der Waals surface area contributed by atoms with Crippen LogP contribution < -0.4 is 5.32 Å². The summed E-state index contributed by atoms with van der Waals surface area (Å²) in [5.74, 6) is -0.993. The van der Waals surface area contributed by atoms with Crippen LogP contribution in [0, 0.1) is 5.92 Å². The number of hydrogen-bond acceptors (Lipinski definition) is 4. The molecule has 1 aromatic heterocycles. The van der Waals surface area contributed by atoms with Crippen LogP contribution >= 0.6 is 0 Å². The Hall–Kier alpha value is -2.63. The Morgan fingerprint density at radius 2 is 1.88 bits per heavy atom. The number of aromatic nitrogens is 1. The van der Waals surface area contributed by atoms with Crippen molar-refractivity contribution in [3.63, 3.8) is 0 Å². The third-order valence-corrected chi connectivity index (χ3v) is 5.00. The minimum absolute atomic E-state index is 0.0711. The molecule has 26 heavy (non-hydrogen) atoms. The van der Waals surface area contributed by atoms with Crippen LogP contribution in [0.15, 0.2) is 30.5 Å². The van der Waals surface area contributed by atoms with Crippen LogP contribution in [0.5, 0.6) is 0 Å². The number of ketones is 1. The molecule has 1 aliphatic carbocycles. The van der Waals surface area contributed by atoms with Crippen molar-refractivity contribution in [3.8, 4) is 0 Å². The molecule has 2 atom stereocenters. The number of para-hydroxylation sites is 1. The fourth-order valence-electron chi connectivity index (χ4n) is 3.67. The Balaban J connectivity index is 1.72. The number of esters is 1. The van der Waals surface area contributed by atoms with Gasteiger partial charge in [-0.25, -0.2) is 4.79 Å². The average Bonchev–Trinajstić information content (AvgIpc) is 3.28. The molecule has 0 aliphatic heterocycles. The molecule has 1 aromatic carbocycles. The molecule has 1 heterocycles. The first-order chi connectivity index (χ1) is 12.5. The summed E-state index contributed by atoms with van der Waals surface area (Å²) in [6.07, 6.45) is 4.56. The molecule has 138 valence electrons. The molecule has 0 bridgehead atoms. The minimum atomic E-state index is -0.917. The van der Waals surface area contributed by atoms with E-state index in [4.69, 9.17) is 4.74 Å². The number of carbonyl (C=O) groups is 3. The minimum Gasteiger partial charge on any atom is -0.453 e. The molecule has 0 radical (unpaired) electrons. The number of amides is 1. The van der Waals surface area contributed by atoms with Crippen molar-refractivity contribution in [2.24, 2.45) is 5.92 Å². The third kappa shape index (κ3) is 3.79. The quantitative estimate of drug-likeness (QED) is 0.615. The largest absolute Gasteiger partial charge is 0.453 e. The lowest BCUT2D eigenvalue weighted by Gasteiger charge is -2.24. The van der Waals surface area contributed by atoms with E-state index in [-0.39, 0.29) is 17.6 Å². The maximum Gasteiger partial charge on any atom is 0.329 e. The van der Waals surface area contributed by atoms with Crippen molar-refractivity contribution in [1.82, 2.24) is 10.3 Å². The zero-order valence-corrected chi connectivity index (χ0v) is 15.1. The number of carbonyl (C=O) groups excluding carboxylic acids is 3. The van der Waals surface area contributed by atoms with Crippen molar-refractivity contribution in [2.45, 2.75) is 51.7 Å². The Morgan fingerprint density at radius 1 is 1.19 bits per heavy atom. The molecule has 6 nitrogen and oxygen atoms in total. The summed E-state index contributed by atoms with van der Waals surface area (Å²) in [4.78, 5) is 39.9. The standard InChI is InChI=1S/C20H24N2O4/c1-12(19(24)16-11-21-17-10-6-5-9-15(16)17)26-20(25)18(22-13(2)23)14-7-3-4-8-14/h5-6,9-12,14,18,21H,3-4,7-8H2,1-2H3,(H,22,23)/t12-,18-/m0/s1. The molecule has 2 aromatic rings. The molecule has 6 heteroatoms. The topological polar surface area (TPSA) is 88.3 Å². The van der Waals surface area contributed by atoms with Crippen molar-refractivity contribution in [1.29, 1.82) is 0 Å². The lowest BCUT2D eigenvalue weighted by atomic mass is 9.98. The molecule has 0 spiro atoms. The predicted molar refractivity (Wildman–Crippen MR) is 97.7 cm³/mol. The first-order valence-electron chi connectivity index (χ1n) is 9.05. The Morgan fingerprint density at radius 3 is 2.58 bits per heavy atom. The number of rotatable bonds is 6. The average molecular weight is 356 g/mol. The van der Waals surface area contributed by atoms with Crippen LogP contribution in [0.2, 0.25) is 0 Å². The number of benzene rings is 1. The molecule has 1 aliphatic rings. The zero-order valence-electron chi connectivity index (χ0n) is 15.1. The highest BCUT2D eigenvalue weighted by Gasteiger charge is 2.34. The third-order valence-electron chi connectivity index (χ3n) is 5.00. The maximum absolute atomic E-state index is 12.7. The van der Waals surface area contributed by atoms with Gasteiger partial charge in [0.1, 0.15) is 6.04 Å². The Labute approximate surface area is 152 Å². The highest BCUT2D eigenvalue weighted by molar-refractivity contribution is 6.10. The number of fused-ring (bicyclic) bond motifs is 1. The zero-order chi connectivity index (χ0) is 18.7. The molecule has 1 amide bonds. The maximum atomic E-state index is 12.7. The van der Waals surface area contributed by atoms with E-state index < -0.39 is 18.1 Å². The normalized spacial score (nSPS) is 17.0. The number of Topliss-reactive ketones (excluding diaryl/α,β-unsaturated/α-hetero) is 1. The van der Waals surface area contributed by atoms with E-state index in [1.807, 2.05) is 24.3 Å². The summed E-state index contributed by atoms with van der Waals surface area (Å²) in [5, 5.41) is 3.50. The van der Waals surface area contributed by atoms with Crippen LogP contribution in [-0.2, 0) is 14.3 Å². The molecule has 0 saturated heterocycles. The van der Waals surface area contributed by atoms with Gasteiger partial charge in [0, 0.05) is 29.6 Å². The van der Waals surface area contributed by atoms with Crippen LogP contribution in [0.25, 0.3) is 10.9 Å². The van der Waals surface area contributed by atoms with Crippen LogP contribution in [0.1, 0.15) is 49.9 Å². The van der Waals surface area contributed by atoms with E-state index >= 15 is 0 Å². The fourth-order valence-corrected chi connectivity index (χ4v) is 3.67. The molecule has 3 rings (SSSR count). The highest BCUT2D eigenvalue weighted by atomic mass is 16.5. The van der Waals surface area contributed by atoms with Crippen LogP contribution in [0.4, 0.5) is 0 Å². The van der Waals surface area contributed by atoms with E-state index in [2.05, 4.69) is 10.3 Å². The van der Waals surface area contributed by atoms with Crippen molar-refractivity contribution in [3.05, 3.63) is 36.0 Å². The van der Waals surface area contributed by atoms with Gasteiger partial charge in [-0.05, 0) is 31.7 Å². The van der Waals surface area contributed by atoms with E-state index in [9.17, 15) is 14.4 Å². The van der Waals surface area contributed by atoms with E-state index in [1.54, 1.807) is 13.1 Å². The van der Waals surface area contributed by atoms with Gasteiger partial charge in [-0.2, -0.15) is 0 Å². The summed E-state index contributed by atoms with van der Waals surface area (Å²) in [7, 11) is 0. The number of ether oxygens (including phenoxy) is 1. The van der Waals surface area contributed by atoms with Gasteiger partial charge in [0.25, 0.3) is 0 Å². The number of H-pyrrole nitrogens is 1. The monoisotopic (exact) mass is 356 g/mol. The summed E-state index contributed by atoms with van der Waals surface area (Å²) in [6, 6.07) is 6.79. The smallest absolute Gasteiger partial charge is 0.329 e. The summed E-state index contributed by atoms with van der Waals surface area (Å²) in [6.45, 7) is 2.96.